The molecule has 1 aliphatic rings. The molecule has 1 heterocycles. The molecule has 0 atom stereocenters. The van der Waals surface area contributed by atoms with Gasteiger partial charge in [0, 0.05) is 11.9 Å². The van der Waals surface area contributed by atoms with E-state index in [2.05, 4.69) is 10.3 Å². The summed E-state index contributed by atoms with van der Waals surface area (Å²) < 4.78 is 5.86. The number of H-pyrrole nitrogens is 1. The summed E-state index contributed by atoms with van der Waals surface area (Å²) in [5.41, 5.74) is 1.43. The van der Waals surface area contributed by atoms with Crippen LogP contribution in [0.15, 0.2) is 47.4 Å². The third-order valence-electron chi connectivity index (χ3n) is 4.06. The molecule has 1 aromatic carbocycles. The zero-order valence-corrected chi connectivity index (χ0v) is 12.9. The highest BCUT2D eigenvalue weighted by molar-refractivity contribution is 6.03. The Labute approximate surface area is 134 Å². The summed E-state index contributed by atoms with van der Waals surface area (Å²) in [5.74, 6) is -0.415. The van der Waals surface area contributed by atoms with Crippen LogP contribution in [-0.2, 0) is 11.3 Å². The fourth-order valence-corrected chi connectivity index (χ4v) is 2.75. The second kappa shape index (κ2) is 7.24. The molecule has 0 spiro atoms. The number of aromatic amines is 1. The van der Waals surface area contributed by atoms with Crippen LogP contribution in [0.2, 0.25) is 0 Å². The summed E-state index contributed by atoms with van der Waals surface area (Å²) in [7, 11) is 0. The first-order valence-electron chi connectivity index (χ1n) is 7.92. The fraction of sp³-hybridized carbons (Fsp3) is 0.333. The van der Waals surface area contributed by atoms with Crippen molar-refractivity contribution in [2.75, 3.05) is 5.32 Å². The van der Waals surface area contributed by atoms with Crippen LogP contribution < -0.4 is 10.9 Å². The lowest BCUT2D eigenvalue weighted by Gasteiger charge is -2.11. The Kier molecular flexibility index (Phi) is 4.88. The van der Waals surface area contributed by atoms with Crippen molar-refractivity contribution in [1.29, 1.82) is 0 Å². The first-order chi connectivity index (χ1) is 11.2. The molecule has 23 heavy (non-hydrogen) atoms. The zero-order chi connectivity index (χ0) is 16.1. The molecule has 1 amide bonds. The first kappa shape index (κ1) is 15.5. The Morgan fingerprint density at radius 3 is 2.61 bits per heavy atom. The van der Waals surface area contributed by atoms with Crippen molar-refractivity contribution in [1.82, 2.24) is 4.98 Å². The van der Waals surface area contributed by atoms with Crippen LogP contribution in [0.4, 0.5) is 5.69 Å². The van der Waals surface area contributed by atoms with Gasteiger partial charge in [0.2, 0.25) is 0 Å². The van der Waals surface area contributed by atoms with Gasteiger partial charge in [-0.25, -0.2) is 0 Å². The van der Waals surface area contributed by atoms with Crippen molar-refractivity contribution < 1.29 is 9.53 Å². The molecule has 5 nitrogen and oxygen atoms in total. The quantitative estimate of drug-likeness (QED) is 0.891. The highest BCUT2D eigenvalue weighted by Gasteiger charge is 2.15. The van der Waals surface area contributed by atoms with Crippen molar-refractivity contribution in [3.05, 3.63) is 64.1 Å². The molecule has 0 radical (unpaired) electrons. The number of aromatic nitrogens is 1. The van der Waals surface area contributed by atoms with E-state index in [1.807, 2.05) is 24.3 Å². The number of ether oxygens (including phenoxy) is 1. The van der Waals surface area contributed by atoms with Gasteiger partial charge in [0.05, 0.1) is 12.7 Å². The number of amides is 1. The monoisotopic (exact) mass is 312 g/mol. The molecular formula is C18H20N2O3. The topological polar surface area (TPSA) is 71.2 Å². The summed E-state index contributed by atoms with van der Waals surface area (Å²) >= 11 is 0. The normalized spacial score (nSPS) is 14.8. The van der Waals surface area contributed by atoms with Gasteiger partial charge in [-0.3, -0.25) is 9.59 Å². The molecule has 2 aromatic rings. The van der Waals surface area contributed by atoms with Gasteiger partial charge in [-0.2, -0.15) is 0 Å². The number of hydrogen-bond acceptors (Lipinski definition) is 3. The molecule has 1 aliphatic carbocycles. The van der Waals surface area contributed by atoms with E-state index in [1.54, 1.807) is 6.07 Å². The van der Waals surface area contributed by atoms with Crippen molar-refractivity contribution in [2.24, 2.45) is 0 Å². The van der Waals surface area contributed by atoms with Gasteiger partial charge < -0.3 is 15.0 Å². The molecule has 0 aliphatic heterocycles. The largest absolute Gasteiger partial charge is 0.374 e. The van der Waals surface area contributed by atoms with E-state index in [1.165, 1.54) is 25.1 Å². The minimum absolute atomic E-state index is 0.0983. The van der Waals surface area contributed by atoms with Crippen molar-refractivity contribution >= 4 is 11.6 Å². The SMILES string of the molecule is O=C(Nc1ccc(COC2CCCC2)cc1)c1ccc[nH]c1=O. The predicted octanol–water partition coefficient (Wildman–Crippen LogP) is 3.09. The Balaban J connectivity index is 1.57. The van der Waals surface area contributed by atoms with Gasteiger partial charge in [-0.15, -0.1) is 0 Å². The van der Waals surface area contributed by atoms with E-state index < -0.39 is 11.5 Å². The standard InChI is InChI=1S/C18H20N2O3/c21-17-16(6-3-11-19-17)18(22)20-14-9-7-13(8-10-14)12-23-15-4-1-2-5-15/h3,6-11,15H,1-2,4-5,12H2,(H,19,21)(H,20,22). The predicted molar refractivity (Wildman–Crippen MR) is 88.5 cm³/mol. The van der Waals surface area contributed by atoms with E-state index in [0.29, 0.717) is 18.4 Å². The van der Waals surface area contributed by atoms with Crippen LogP contribution in [0, 0.1) is 0 Å². The van der Waals surface area contributed by atoms with Crippen LogP contribution in [0.5, 0.6) is 0 Å². The second-order valence-corrected chi connectivity index (χ2v) is 5.78. The number of pyridine rings is 1. The van der Waals surface area contributed by atoms with Gasteiger partial charge >= 0.3 is 0 Å². The number of carbonyl (C=O) groups is 1. The van der Waals surface area contributed by atoms with E-state index >= 15 is 0 Å². The summed E-state index contributed by atoms with van der Waals surface area (Å²) in [6, 6.07) is 10.6. The van der Waals surface area contributed by atoms with E-state index in [9.17, 15) is 9.59 Å². The van der Waals surface area contributed by atoms with E-state index in [0.717, 1.165) is 18.4 Å². The summed E-state index contributed by atoms with van der Waals surface area (Å²) in [6.07, 6.45) is 6.71. The molecule has 3 rings (SSSR count). The van der Waals surface area contributed by atoms with Gasteiger partial charge in [0.1, 0.15) is 5.56 Å². The first-order valence-corrected chi connectivity index (χ1v) is 7.92. The Bertz CT molecular complexity index is 716. The number of rotatable bonds is 5. The van der Waals surface area contributed by atoms with Crippen LogP contribution in [0.1, 0.15) is 41.6 Å². The second-order valence-electron chi connectivity index (χ2n) is 5.78. The number of nitrogens with one attached hydrogen (secondary N) is 2. The third kappa shape index (κ3) is 4.07. The zero-order valence-electron chi connectivity index (χ0n) is 12.9. The van der Waals surface area contributed by atoms with Gasteiger partial charge in [-0.05, 0) is 42.7 Å². The maximum absolute atomic E-state index is 12.1. The molecular weight excluding hydrogens is 292 g/mol. The van der Waals surface area contributed by atoms with Crippen LogP contribution in [-0.4, -0.2) is 17.0 Å². The highest BCUT2D eigenvalue weighted by Crippen LogP contribution is 2.22. The van der Waals surface area contributed by atoms with E-state index in [4.69, 9.17) is 4.74 Å². The molecule has 0 unspecified atom stereocenters. The van der Waals surface area contributed by atoms with Crippen molar-refractivity contribution in [2.45, 2.75) is 38.4 Å². The molecule has 0 saturated heterocycles. The average molecular weight is 312 g/mol. The smallest absolute Gasteiger partial charge is 0.261 e. The van der Waals surface area contributed by atoms with Crippen LogP contribution in [0.25, 0.3) is 0 Å². The molecule has 0 bridgehead atoms. The summed E-state index contributed by atoms with van der Waals surface area (Å²) in [4.78, 5) is 26.1. The van der Waals surface area contributed by atoms with Crippen LogP contribution >= 0.6 is 0 Å². The minimum atomic E-state index is -0.415. The maximum Gasteiger partial charge on any atom is 0.261 e. The summed E-state index contributed by atoms with van der Waals surface area (Å²) in [6.45, 7) is 0.594. The molecule has 1 saturated carbocycles. The van der Waals surface area contributed by atoms with Crippen molar-refractivity contribution in [3.8, 4) is 0 Å². The molecule has 1 aromatic heterocycles. The number of hydrogen-bond donors (Lipinski definition) is 2. The van der Waals surface area contributed by atoms with Crippen LogP contribution in [0.3, 0.4) is 0 Å². The van der Waals surface area contributed by atoms with Gasteiger partial charge in [0.15, 0.2) is 0 Å². The molecule has 5 heteroatoms. The van der Waals surface area contributed by atoms with Gasteiger partial charge in [-0.1, -0.05) is 25.0 Å². The number of carbonyl (C=O) groups excluding carboxylic acids is 1. The Morgan fingerprint density at radius 1 is 1.17 bits per heavy atom. The number of benzene rings is 1. The third-order valence-corrected chi connectivity index (χ3v) is 4.06. The lowest BCUT2D eigenvalue weighted by molar-refractivity contribution is 0.0457. The molecule has 120 valence electrons. The number of anilines is 1. The Morgan fingerprint density at radius 2 is 1.91 bits per heavy atom. The minimum Gasteiger partial charge on any atom is -0.374 e. The molecule has 2 N–H and O–H groups in total. The summed E-state index contributed by atoms with van der Waals surface area (Å²) in [5, 5.41) is 2.72. The van der Waals surface area contributed by atoms with E-state index in [-0.39, 0.29) is 5.56 Å². The van der Waals surface area contributed by atoms with Crippen molar-refractivity contribution in [3.63, 3.8) is 0 Å². The lowest BCUT2D eigenvalue weighted by atomic mass is 10.2. The van der Waals surface area contributed by atoms with Gasteiger partial charge in [0.25, 0.3) is 11.5 Å². The molecule has 1 fully saturated rings. The lowest BCUT2D eigenvalue weighted by Crippen LogP contribution is -2.22. The maximum atomic E-state index is 12.1. The Hall–Kier alpha value is -2.40. The average Bonchev–Trinajstić information content (AvgIpc) is 3.08. The highest BCUT2D eigenvalue weighted by atomic mass is 16.5. The fourth-order valence-electron chi connectivity index (χ4n) is 2.75.